The Hall–Kier alpha value is -1.44. The molecule has 2 aromatic heterocycles. The fourth-order valence-corrected chi connectivity index (χ4v) is 1.65. The molecule has 0 saturated heterocycles. The maximum Gasteiger partial charge on any atom is 0.0920 e. The Kier molecular flexibility index (Phi) is 2.20. The highest BCUT2D eigenvalue weighted by molar-refractivity contribution is 5.81. The van der Waals surface area contributed by atoms with Gasteiger partial charge in [-0.25, -0.2) is 0 Å². The normalized spacial score (nSPS) is 11.1. The number of aromatic nitrogens is 2. The van der Waals surface area contributed by atoms with E-state index in [9.17, 15) is 0 Å². The SMILES string of the molecule is Cc1cc2cccnc2c(C(C)C)n1. The lowest BCUT2D eigenvalue weighted by atomic mass is 10.1. The average Bonchev–Trinajstić information content (AvgIpc) is 2.16. The van der Waals surface area contributed by atoms with Crippen LogP contribution in [0.4, 0.5) is 0 Å². The molecule has 0 aliphatic rings. The second kappa shape index (κ2) is 3.37. The van der Waals surface area contributed by atoms with Gasteiger partial charge in [-0.3, -0.25) is 9.97 Å². The number of hydrogen-bond donors (Lipinski definition) is 0. The van der Waals surface area contributed by atoms with Gasteiger partial charge in [-0.1, -0.05) is 19.9 Å². The Morgan fingerprint density at radius 2 is 2.07 bits per heavy atom. The standard InChI is InChI=1S/C12H14N2/c1-8(2)11-12-10(5-4-6-13-12)7-9(3)14-11/h4-8H,1-3H3. The van der Waals surface area contributed by atoms with Crippen molar-refractivity contribution in [1.29, 1.82) is 0 Å². The largest absolute Gasteiger partial charge is 0.256 e. The summed E-state index contributed by atoms with van der Waals surface area (Å²) >= 11 is 0. The predicted octanol–water partition coefficient (Wildman–Crippen LogP) is 3.06. The first-order valence-corrected chi connectivity index (χ1v) is 4.91. The molecule has 0 saturated carbocycles. The minimum atomic E-state index is 0.423. The van der Waals surface area contributed by atoms with E-state index in [4.69, 9.17) is 0 Å². The summed E-state index contributed by atoms with van der Waals surface area (Å²) in [5, 5.41) is 1.18. The summed E-state index contributed by atoms with van der Waals surface area (Å²) in [7, 11) is 0. The molecule has 0 aliphatic heterocycles. The highest BCUT2D eigenvalue weighted by atomic mass is 14.8. The minimum Gasteiger partial charge on any atom is -0.256 e. The molecule has 0 amide bonds. The number of pyridine rings is 2. The van der Waals surface area contributed by atoms with E-state index in [1.165, 1.54) is 5.39 Å². The Morgan fingerprint density at radius 3 is 2.79 bits per heavy atom. The van der Waals surface area contributed by atoms with Crippen LogP contribution in [-0.4, -0.2) is 9.97 Å². The lowest BCUT2D eigenvalue weighted by Crippen LogP contribution is -1.97. The zero-order valence-corrected chi connectivity index (χ0v) is 8.78. The second-order valence-electron chi connectivity index (χ2n) is 3.88. The van der Waals surface area contributed by atoms with Crippen LogP contribution in [0.25, 0.3) is 10.9 Å². The van der Waals surface area contributed by atoms with Gasteiger partial charge in [-0.15, -0.1) is 0 Å². The van der Waals surface area contributed by atoms with Gasteiger partial charge in [0.1, 0.15) is 0 Å². The van der Waals surface area contributed by atoms with Crippen LogP contribution < -0.4 is 0 Å². The summed E-state index contributed by atoms with van der Waals surface area (Å²) in [5.41, 5.74) is 3.20. The smallest absolute Gasteiger partial charge is 0.0920 e. The van der Waals surface area contributed by atoms with Crippen molar-refractivity contribution in [1.82, 2.24) is 9.97 Å². The summed E-state index contributed by atoms with van der Waals surface area (Å²) in [6, 6.07) is 6.13. The maximum absolute atomic E-state index is 4.54. The van der Waals surface area contributed by atoms with Crippen LogP contribution in [-0.2, 0) is 0 Å². The van der Waals surface area contributed by atoms with Gasteiger partial charge in [-0.2, -0.15) is 0 Å². The van der Waals surface area contributed by atoms with Crippen LogP contribution >= 0.6 is 0 Å². The first-order chi connectivity index (χ1) is 6.68. The van der Waals surface area contributed by atoms with Gasteiger partial charge < -0.3 is 0 Å². The molecule has 0 aliphatic carbocycles. The summed E-state index contributed by atoms with van der Waals surface area (Å²) in [6.45, 7) is 6.32. The maximum atomic E-state index is 4.54. The highest BCUT2D eigenvalue weighted by Crippen LogP contribution is 2.21. The summed E-state index contributed by atoms with van der Waals surface area (Å²) in [5.74, 6) is 0.423. The van der Waals surface area contributed by atoms with E-state index < -0.39 is 0 Å². The number of rotatable bonds is 1. The van der Waals surface area contributed by atoms with Crippen molar-refractivity contribution < 1.29 is 0 Å². The van der Waals surface area contributed by atoms with E-state index in [-0.39, 0.29) is 0 Å². The van der Waals surface area contributed by atoms with E-state index in [0.717, 1.165) is 16.9 Å². The first-order valence-electron chi connectivity index (χ1n) is 4.91. The molecule has 0 spiro atoms. The molecule has 0 N–H and O–H groups in total. The Morgan fingerprint density at radius 1 is 1.29 bits per heavy atom. The molecule has 2 aromatic rings. The van der Waals surface area contributed by atoms with Crippen molar-refractivity contribution in [3.05, 3.63) is 35.8 Å². The summed E-state index contributed by atoms with van der Waals surface area (Å²) < 4.78 is 0. The van der Waals surface area contributed by atoms with Crippen LogP contribution in [0.15, 0.2) is 24.4 Å². The van der Waals surface area contributed by atoms with Crippen molar-refractivity contribution in [2.75, 3.05) is 0 Å². The number of aryl methyl sites for hydroxylation is 1. The zero-order chi connectivity index (χ0) is 10.1. The third-order valence-electron chi connectivity index (χ3n) is 2.29. The van der Waals surface area contributed by atoms with E-state index in [1.807, 2.05) is 19.2 Å². The molecule has 2 heteroatoms. The molecule has 2 heterocycles. The van der Waals surface area contributed by atoms with E-state index in [0.29, 0.717) is 5.92 Å². The van der Waals surface area contributed by atoms with Gasteiger partial charge in [0.25, 0.3) is 0 Å². The van der Waals surface area contributed by atoms with Gasteiger partial charge in [0.05, 0.1) is 11.2 Å². The van der Waals surface area contributed by atoms with Crippen molar-refractivity contribution in [2.45, 2.75) is 26.7 Å². The molecule has 14 heavy (non-hydrogen) atoms. The van der Waals surface area contributed by atoms with Gasteiger partial charge >= 0.3 is 0 Å². The van der Waals surface area contributed by atoms with Gasteiger partial charge in [0.2, 0.25) is 0 Å². The molecule has 0 fully saturated rings. The lowest BCUT2D eigenvalue weighted by molar-refractivity contribution is 0.824. The fourth-order valence-electron chi connectivity index (χ4n) is 1.65. The lowest BCUT2D eigenvalue weighted by Gasteiger charge is -2.08. The highest BCUT2D eigenvalue weighted by Gasteiger charge is 2.08. The Balaban J connectivity index is 2.80. The van der Waals surface area contributed by atoms with Crippen LogP contribution in [0, 0.1) is 6.92 Å². The topological polar surface area (TPSA) is 25.8 Å². The first kappa shape index (κ1) is 9.13. The fraction of sp³-hybridized carbons (Fsp3) is 0.333. The van der Waals surface area contributed by atoms with Gasteiger partial charge in [-0.05, 0) is 25.0 Å². The molecule has 0 atom stereocenters. The molecule has 2 nitrogen and oxygen atoms in total. The molecule has 0 aromatic carbocycles. The van der Waals surface area contributed by atoms with Crippen molar-refractivity contribution in [2.24, 2.45) is 0 Å². The molecule has 0 bridgehead atoms. The van der Waals surface area contributed by atoms with Crippen LogP contribution in [0.5, 0.6) is 0 Å². The molecule has 0 unspecified atom stereocenters. The van der Waals surface area contributed by atoms with Crippen molar-refractivity contribution in [3.63, 3.8) is 0 Å². The van der Waals surface area contributed by atoms with Gasteiger partial charge in [0, 0.05) is 17.3 Å². The summed E-state index contributed by atoms with van der Waals surface area (Å²) in [4.78, 5) is 8.92. The Bertz CT molecular complexity index is 461. The number of nitrogens with zero attached hydrogens (tertiary/aromatic N) is 2. The molecule has 2 rings (SSSR count). The molecule has 72 valence electrons. The predicted molar refractivity (Wildman–Crippen MR) is 58.4 cm³/mol. The second-order valence-corrected chi connectivity index (χ2v) is 3.88. The number of fused-ring (bicyclic) bond motifs is 1. The van der Waals surface area contributed by atoms with Crippen LogP contribution in [0.3, 0.4) is 0 Å². The Labute approximate surface area is 84.0 Å². The van der Waals surface area contributed by atoms with Crippen LogP contribution in [0.1, 0.15) is 31.2 Å². The monoisotopic (exact) mass is 186 g/mol. The summed E-state index contributed by atoms with van der Waals surface area (Å²) in [6.07, 6.45) is 1.82. The van der Waals surface area contributed by atoms with Crippen molar-refractivity contribution >= 4 is 10.9 Å². The number of hydrogen-bond acceptors (Lipinski definition) is 2. The molecular formula is C12H14N2. The van der Waals surface area contributed by atoms with Crippen LogP contribution in [0.2, 0.25) is 0 Å². The third kappa shape index (κ3) is 1.48. The van der Waals surface area contributed by atoms with E-state index in [1.54, 1.807) is 0 Å². The van der Waals surface area contributed by atoms with E-state index >= 15 is 0 Å². The van der Waals surface area contributed by atoms with Crippen molar-refractivity contribution in [3.8, 4) is 0 Å². The quantitative estimate of drug-likeness (QED) is 0.684. The third-order valence-corrected chi connectivity index (χ3v) is 2.29. The van der Waals surface area contributed by atoms with Gasteiger partial charge in [0.15, 0.2) is 0 Å². The average molecular weight is 186 g/mol. The molecule has 0 radical (unpaired) electrons. The zero-order valence-electron chi connectivity index (χ0n) is 8.78. The molecular weight excluding hydrogens is 172 g/mol. The van der Waals surface area contributed by atoms with E-state index in [2.05, 4.69) is 35.9 Å². The minimum absolute atomic E-state index is 0.423.